The molecule has 0 unspecified atom stereocenters. The lowest BCUT2D eigenvalue weighted by atomic mass is 10.0. The van der Waals surface area contributed by atoms with E-state index < -0.39 is 0 Å². The van der Waals surface area contributed by atoms with E-state index in [1.807, 2.05) is 42.5 Å². The molecule has 0 aliphatic carbocycles. The van der Waals surface area contributed by atoms with E-state index in [0.29, 0.717) is 11.5 Å². The maximum atomic E-state index is 12.5. The summed E-state index contributed by atoms with van der Waals surface area (Å²) in [5, 5.41) is 13.3. The summed E-state index contributed by atoms with van der Waals surface area (Å²) in [6.07, 6.45) is 1.50. The van der Waals surface area contributed by atoms with Gasteiger partial charge in [0.2, 0.25) is 0 Å². The standard InChI is InChI=1S/C18H15N7O/c1-25(18-21-23-24-22-18)17(26)15-11-19-16(20-15)14-9-7-13(8-10-14)12-5-3-2-4-6-12/h2-11H,1H3,(H,19,20)(H,21,22,23,24). The Morgan fingerprint density at radius 3 is 2.35 bits per heavy atom. The minimum atomic E-state index is -0.300. The molecule has 0 saturated carbocycles. The van der Waals surface area contributed by atoms with E-state index in [9.17, 15) is 4.79 Å². The van der Waals surface area contributed by atoms with E-state index >= 15 is 0 Å². The molecular weight excluding hydrogens is 330 g/mol. The number of carbonyl (C=O) groups excluding carboxylic acids is 1. The van der Waals surface area contributed by atoms with E-state index in [1.54, 1.807) is 7.05 Å². The number of anilines is 1. The van der Waals surface area contributed by atoms with Gasteiger partial charge >= 0.3 is 0 Å². The molecule has 128 valence electrons. The van der Waals surface area contributed by atoms with Crippen molar-refractivity contribution < 1.29 is 4.79 Å². The topological polar surface area (TPSA) is 103 Å². The SMILES string of the molecule is CN(C(=O)c1cnc(-c2ccc(-c3ccccc3)cc2)[nH]1)c1nn[nH]n1. The van der Waals surface area contributed by atoms with Crippen molar-refractivity contribution in [3.63, 3.8) is 0 Å². The zero-order valence-corrected chi connectivity index (χ0v) is 13.9. The summed E-state index contributed by atoms with van der Waals surface area (Å²) in [4.78, 5) is 21.1. The maximum absolute atomic E-state index is 12.5. The van der Waals surface area contributed by atoms with E-state index in [1.165, 1.54) is 11.1 Å². The van der Waals surface area contributed by atoms with Crippen molar-refractivity contribution in [1.82, 2.24) is 30.6 Å². The van der Waals surface area contributed by atoms with Crippen LogP contribution in [0.5, 0.6) is 0 Å². The van der Waals surface area contributed by atoms with Gasteiger partial charge in [-0.15, -0.1) is 5.10 Å². The molecule has 26 heavy (non-hydrogen) atoms. The molecule has 0 saturated heterocycles. The lowest BCUT2D eigenvalue weighted by molar-refractivity contribution is 0.0987. The first-order valence-corrected chi connectivity index (χ1v) is 7.95. The molecular formula is C18H15N7O. The predicted molar refractivity (Wildman–Crippen MR) is 96.4 cm³/mol. The number of nitrogens with one attached hydrogen (secondary N) is 2. The van der Waals surface area contributed by atoms with Gasteiger partial charge in [0, 0.05) is 12.6 Å². The van der Waals surface area contributed by atoms with Crippen LogP contribution < -0.4 is 4.90 Å². The fourth-order valence-corrected chi connectivity index (χ4v) is 2.60. The van der Waals surface area contributed by atoms with Gasteiger partial charge in [-0.1, -0.05) is 59.7 Å². The number of tetrazole rings is 1. The summed E-state index contributed by atoms with van der Waals surface area (Å²) in [5.74, 6) is 0.513. The highest BCUT2D eigenvalue weighted by molar-refractivity contribution is 6.03. The second-order valence-electron chi connectivity index (χ2n) is 5.66. The molecule has 0 spiro atoms. The molecule has 8 heteroatoms. The first kappa shape index (κ1) is 15.7. The van der Waals surface area contributed by atoms with E-state index in [-0.39, 0.29) is 11.9 Å². The van der Waals surface area contributed by atoms with Crippen LogP contribution in [0.1, 0.15) is 10.5 Å². The highest BCUT2D eigenvalue weighted by atomic mass is 16.2. The second-order valence-corrected chi connectivity index (χ2v) is 5.66. The van der Waals surface area contributed by atoms with Crippen LogP contribution in [0, 0.1) is 0 Å². The number of H-pyrrole nitrogens is 2. The Morgan fingerprint density at radius 1 is 0.962 bits per heavy atom. The molecule has 0 atom stereocenters. The van der Waals surface area contributed by atoms with Gasteiger partial charge in [0.25, 0.3) is 11.9 Å². The highest BCUT2D eigenvalue weighted by Gasteiger charge is 2.19. The van der Waals surface area contributed by atoms with E-state index in [0.717, 1.165) is 16.7 Å². The Morgan fingerprint density at radius 2 is 1.65 bits per heavy atom. The van der Waals surface area contributed by atoms with Crippen molar-refractivity contribution in [2.24, 2.45) is 0 Å². The van der Waals surface area contributed by atoms with Gasteiger partial charge < -0.3 is 4.98 Å². The van der Waals surface area contributed by atoms with Crippen LogP contribution in [0.4, 0.5) is 5.95 Å². The average Bonchev–Trinajstić information content (AvgIpc) is 3.40. The van der Waals surface area contributed by atoms with Gasteiger partial charge in [0.05, 0.1) is 6.20 Å². The van der Waals surface area contributed by atoms with Crippen molar-refractivity contribution in [3.8, 4) is 22.5 Å². The van der Waals surface area contributed by atoms with Crippen LogP contribution in [-0.4, -0.2) is 43.5 Å². The largest absolute Gasteiger partial charge is 0.334 e. The molecule has 1 amide bonds. The lowest BCUT2D eigenvalue weighted by Crippen LogP contribution is -2.27. The Kier molecular flexibility index (Phi) is 3.98. The molecule has 0 radical (unpaired) electrons. The minimum absolute atomic E-state index is 0.193. The Balaban J connectivity index is 1.55. The summed E-state index contributed by atoms with van der Waals surface area (Å²) < 4.78 is 0. The van der Waals surface area contributed by atoms with Crippen LogP contribution in [0.25, 0.3) is 22.5 Å². The zero-order valence-electron chi connectivity index (χ0n) is 13.9. The van der Waals surface area contributed by atoms with Crippen molar-refractivity contribution in [2.75, 3.05) is 11.9 Å². The number of carbonyl (C=O) groups is 1. The fourth-order valence-electron chi connectivity index (χ4n) is 2.60. The fraction of sp³-hybridized carbons (Fsp3) is 0.0556. The van der Waals surface area contributed by atoms with Crippen molar-refractivity contribution in [2.45, 2.75) is 0 Å². The quantitative estimate of drug-likeness (QED) is 0.591. The van der Waals surface area contributed by atoms with Crippen molar-refractivity contribution >= 4 is 11.9 Å². The summed E-state index contributed by atoms with van der Waals surface area (Å²) in [5.41, 5.74) is 3.51. The molecule has 8 nitrogen and oxygen atoms in total. The third kappa shape index (κ3) is 2.95. The smallest absolute Gasteiger partial charge is 0.278 e. The lowest BCUT2D eigenvalue weighted by Gasteiger charge is -2.09. The monoisotopic (exact) mass is 345 g/mol. The number of hydrogen-bond acceptors (Lipinski definition) is 5. The van der Waals surface area contributed by atoms with Crippen LogP contribution >= 0.6 is 0 Å². The highest BCUT2D eigenvalue weighted by Crippen LogP contribution is 2.23. The van der Waals surface area contributed by atoms with E-state index in [2.05, 4.69) is 42.7 Å². The minimum Gasteiger partial charge on any atom is -0.334 e. The number of nitrogens with zero attached hydrogens (tertiary/aromatic N) is 5. The number of benzene rings is 2. The summed E-state index contributed by atoms with van der Waals surface area (Å²) in [6, 6.07) is 18.1. The molecule has 0 aliphatic heterocycles. The molecule has 2 aromatic carbocycles. The van der Waals surface area contributed by atoms with Gasteiger partial charge in [-0.2, -0.15) is 5.21 Å². The number of rotatable bonds is 4. The molecule has 0 bridgehead atoms. The van der Waals surface area contributed by atoms with Crippen molar-refractivity contribution in [3.05, 3.63) is 66.5 Å². The Labute approximate surface area is 148 Å². The summed E-state index contributed by atoms with van der Waals surface area (Å²) in [6.45, 7) is 0. The van der Waals surface area contributed by atoms with Crippen molar-refractivity contribution in [1.29, 1.82) is 0 Å². The molecule has 4 rings (SSSR count). The number of hydrogen-bond donors (Lipinski definition) is 2. The Bertz CT molecular complexity index is 1010. The normalized spacial score (nSPS) is 10.7. The number of amides is 1. The zero-order chi connectivity index (χ0) is 17.9. The summed E-state index contributed by atoms with van der Waals surface area (Å²) in [7, 11) is 1.57. The van der Waals surface area contributed by atoms with Gasteiger partial charge in [0.15, 0.2) is 0 Å². The summed E-state index contributed by atoms with van der Waals surface area (Å²) >= 11 is 0. The van der Waals surface area contributed by atoms with Crippen LogP contribution in [0.2, 0.25) is 0 Å². The molecule has 4 aromatic rings. The van der Waals surface area contributed by atoms with Gasteiger partial charge in [-0.05, 0) is 16.3 Å². The maximum Gasteiger partial charge on any atom is 0.278 e. The first-order chi connectivity index (χ1) is 12.7. The molecule has 0 fully saturated rings. The second kappa shape index (κ2) is 6.60. The molecule has 0 aliphatic rings. The van der Waals surface area contributed by atoms with Crippen LogP contribution in [0.15, 0.2) is 60.8 Å². The van der Waals surface area contributed by atoms with E-state index in [4.69, 9.17) is 0 Å². The average molecular weight is 345 g/mol. The third-order valence-electron chi connectivity index (χ3n) is 4.01. The van der Waals surface area contributed by atoms with Crippen LogP contribution in [0.3, 0.4) is 0 Å². The third-order valence-corrected chi connectivity index (χ3v) is 4.01. The predicted octanol–water partition coefficient (Wildman–Crippen LogP) is 2.53. The van der Waals surface area contributed by atoms with Gasteiger partial charge in [-0.3, -0.25) is 9.69 Å². The van der Waals surface area contributed by atoms with Gasteiger partial charge in [-0.25, -0.2) is 4.98 Å². The molecule has 2 N–H and O–H groups in total. The van der Waals surface area contributed by atoms with Crippen LogP contribution in [-0.2, 0) is 0 Å². The Hall–Kier alpha value is -3.81. The molecule has 2 heterocycles. The molecule has 2 aromatic heterocycles. The number of aromatic amines is 2. The first-order valence-electron chi connectivity index (χ1n) is 7.95. The van der Waals surface area contributed by atoms with Gasteiger partial charge in [0.1, 0.15) is 11.5 Å². The number of imidazole rings is 1. The number of aromatic nitrogens is 6.